The van der Waals surface area contributed by atoms with E-state index in [0.717, 1.165) is 13.0 Å². The summed E-state index contributed by atoms with van der Waals surface area (Å²) in [4.78, 5) is 25.5. The molecule has 1 aromatic rings. The average molecular weight is 349 g/mol. The van der Waals surface area contributed by atoms with Crippen molar-refractivity contribution in [3.8, 4) is 0 Å². The number of nitrogens with zero attached hydrogens (tertiary/aromatic N) is 1. The van der Waals surface area contributed by atoms with Gasteiger partial charge >= 0.3 is 0 Å². The summed E-state index contributed by atoms with van der Waals surface area (Å²) in [6.07, 6.45) is 0.861. The van der Waals surface area contributed by atoms with Crippen LogP contribution in [0, 0.1) is 0 Å². The Labute approximate surface area is 139 Å². The van der Waals surface area contributed by atoms with Crippen molar-refractivity contribution in [1.29, 1.82) is 0 Å². The Balaban J connectivity index is 0.00000220. The van der Waals surface area contributed by atoms with Crippen molar-refractivity contribution in [3.63, 3.8) is 0 Å². The Morgan fingerprint density at radius 2 is 1.95 bits per heavy atom. The Bertz CT molecular complexity index is 496. The number of carbonyl (C=O) groups excluding carboxylic acids is 2. The highest BCUT2D eigenvalue weighted by molar-refractivity contribution is 8.00. The molecule has 0 aromatic heterocycles. The molecule has 0 spiro atoms. The zero-order chi connectivity index (χ0) is 14.5. The quantitative estimate of drug-likeness (QED) is 0.828. The van der Waals surface area contributed by atoms with Crippen molar-refractivity contribution in [1.82, 2.24) is 4.90 Å². The lowest BCUT2D eigenvalue weighted by atomic mass is 10.1. The molecule has 0 bridgehead atoms. The number of rotatable bonds is 5. The highest BCUT2D eigenvalue weighted by Crippen LogP contribution is 2.14. The van der Waals surface area contributed by atoms with Gasteiger partial charge in [0.1, 0.15) is 0 Å². The molecule has 1 aliphatic heterocycles. The van der Waals surface area contributed by atoms with Gasteiger partial charge < -0.3 is 10.6 Å². The zero-order valence-corrected chi connectivity index (χ0v) is 13.8. The minimum Gasteiger partial charge on any atom is -0.340 e. The van der Waals surface area contributed by atoms with Crippen LogP contribution in [0.3, 0.4) is 0 Å². The van der Waals surface area contributed by atoms with Crippen molar-refractivity contribution < 1.29 is 9.59 Å². The maximum atomic E-state index is 11.9. The summed E-state index contributed by atoms with van der Waals surface area (Å²) in [7, 11) is 0. The molecule has 1 heterocycles. The number of amides is 1. The summed E-state index contributed by atoms with van der Waals surface area (Å²) in [6, 6.07) is 6.88. The van der Waals surface area contributed by atoms with Crippen molar-refractivity contribution >= 4 is 47.5 Å². The van der Waals surface area contributed by atoms with Crippen molar-refractivity contribution in [2.75, 3.05) is 24.6 Å². The van der Waals surface area contributed by atoms with Crippen molar-refractivity contribution in [3.05, 3.63) is 34.9 Å². The van der Waals surface area contributed by atoms with Crippen molar-refractivity contribution in [2.24, 2.45) is 5.73 Å². The average Bonchev–Trinajstić information content (AvgIpc) is 2.86. The summed E-state index contributed by atoms with van der Waals surface area (Å²) in [5.74, 6) is 0.698. The Hall–Kier alpha value is -0.750. The van der Waals surface area contributed by atoms with Gasteiger partial charge in [0.15, 0.2) is 5.78 Å². The van der Waals surface area contributed by atoms with Gasteiger partial charge in [0, 0.05) is 29.7 Å². The first-order valence-corrected chi connectivity index (χ1v) is 7.99. The van der Waals surface area contributed by atoms with Gasteiger partial charge in [-0.15, -0.1) is 24.2 Å². The lowest BCUT2D eigenvalue weighted by Gasteiger charge is -2.15. The van der Waals surface area contributed by atoms with E-state index >= 15 is 0 Å². The molecule has 4 nitrogen and oxygen atoms in total. The molecule has 2 N–H and O–H groups in total. The van der Waals surface area contributed by atoms with E-state index in [-0.39, 0.29) is 30.1 Å². The van der Waals surface area contributed by atoms with Crippen LogP contribution < -0.4 is 5.73 Å². The van der Waals surface area contributed by atoms with Gasteiger partial charge in [0.05, 0.1) is 11.5 Å². The molecular formula is C14H18Cl2N2O2S. The lowest BCUT2D eigenvalue weighted by Crippen LogP contribution is -2.33. The minimum absolute atomic E-state index is 0. The predicted molar refractivity (Wildman–Crippen MR) is 89.5 cm³/mol. The van der Waals surface area contributed by atoms with E-state index in [1.165, 1.54) is 11.8 Å². The monoisotopic (exact) mass is 348 g/mol. The molecule has 0 unspecified atom stereocenters. The number of Topliss-reactive ketones (excluding diaryl/α,β-unsaturated/α-hetero) is 1. The highest BCUT2D eigenvalue weighted by Gasteiger charge is 2.23. The number of likely N-dealkylation sites (tertiary alicyclic amines) is 1. The molecule has 1 aromatic carbocycles. The van der Waals surface area contributed by atoms with E-state index in [1.807, 2.05) is 0 Å². The lowest BCUT2D eigenvalue weighted by molar-refractivity contribution is -0.127. The number of thioether (sulfide) groups is 1. The Morgan fingerprint density at radius 1 is 1.29 bits per heavy atom. The van der Waals surface area contributed by atoms with Crippen LogP contribution in [0.5, 0.6) is 0 Å². The highest BCUT2D eigenvalue weighted by atomic mass is 35.5. The third-order valence-corrected chi connectivity index (χ3v) is 4.37. The largest absolute Gasteiger partial charge is 0.340 e. The SMILES string of the molecule is Cl.N[C@@H]1CCN(C(=O)CSCC(=O)c2ccc(Cl)cc2)C1. The molecular weight excluding hydrogens is 331 g/mol. The molecule has 0 saturated carbocycles. The van der Waals surface area contributed by atoms with E-state index < -0.39 is 0 Å². The van der Waals surface area contributed by atoms with Gasteiger partial charge in [0.2, 0.25) is 5.91 Å². The first-order valence-electron chi connectivity index (χ1n) is 6.46. The Kier molecular flexibility index (Phi) is 7.52. The van der Waals surface area contributed by atoms with Gasteiger partial charge in [-0.1, -0.05) is 11.6 Å². The molecule has 0 aliphatic carbocycles. The fourth-order valence-electron chi connectivity index (χ4n) is 2.06. The van der Waals surface area contributed by atoms with Gasteiger partial charge in [0.25, 0.3) is 0 Å². The summed E-state index contributed by atoms with van der Waals surface area (Å²) in [6.45, 7) is 1.36. The van der Waals surface area contributed by atoms with Gasteiger partial charge in [-0.2, -0.15) is 0 Å². The fourth-order valence-corrected chi connectivity index (χ4v) is 2.99. The van der Waals surface area contributed by atoms with Crippen LogP contribution in [0.1, 0.15) is 16.8 Å². The number of carbonyl (C=O) groups is 2. The summed E-state index contributed by atoms with van der Waals surface area (Å²) >= 11 is 7.11. The smallest absolute Gasteiger partial charge is 0.232 e. The van der Waals surface area contributed by atoms with Crippen LogP contribution in [0.15, 0.2) is 24.3 Å². The zero-order valence-electron chi connectivity index (χ0n) is 11.5. The Morgan fingerprint density at radius 3 is 2.52 bits per heavy atom. The number of nitrogens with two attached hydrogens (primary N) is 1. The van der Waals surface area contributed by atoms with Crippen LogP contribution in [0.4, 0.5) is 0 Å². The van der Waals surface area contributed by atoms with Crippen LogP contribution >= 0.6 is 35.8 Å². The molecule has 21 heavy (non-hydrogen) atoms. The van der Waals surface area contributed by atoms with E-state index in [1.54, 1.807) is 29.2 Å². The second-order valence-electron chi connectivity index (χ2n) is 4.81. The molecule has 1 aliphatic rings. The number of halogens is 2. The van der Waals surface area contributed by atoms with Gasteiger partial charge in [-0.05, 0) is 30.7 Å². The molecule has 0 radical (unpaired) electrons. The second-order valence-corrected chi connectivity index (χ2v) is 6.23. The van der Waals surface area contributed by atoms with E-state index in [0.29, 0.717) is 28.6 Å². The summed E-state index contributed by atoms with van der Waals surface area (Å²) < 4.78 is 0. The molecule has 1 saturated heterocycles. The van der Waals surface area contributed by atoms with Crippen LogP contribution in [0.25, 0.3) is 0 Å². The number of hydrogen-bond donors (Lipinski definition) is 1. The van der Waals surface area contributed by atoms with Crippen molar-refractivity contribution in [2.45, 2.75) is 12.5 Å². The maximum Gasteiger partial charge on any atom is 0.232 e. The third-order valence-electron chi connectivity index (χ3n) is 3.20. The van der Waals surface area contributed by atoms with E-state index in [9.17, 15) is 9.59 Å². The fraction of sp³-hybridized carbons (Fsp3) is 0.429. The third kappa shape index (κ3) is 5.51. The molecule has 1 atom stereocenters. The van der Waals surface area contributed by atoms with Crippen LogP contribution in [-0.4, -0.2) is 47.2 Å². The first-order chi connectivity index (χ1) is 9.56. The molecule has 116 valence electrons. The van der Waals surface area contributed by atoms with Gasteiger partial charge in [-0.3, -0.25) is 9.59 Å². The molecule has 1 amide bonds. The first kappa shape index (κ1) is 18.3. The molecule has 1 fully saturated rings. The molecule has 7 heteroatoms. The van der Waals surface area contributed by atoms with E-state index in [4.69, 9.17) is 17.3 Å². The maximum absolute atomic E-state index is 11.9. The van der Waals surface area contributed by atoms with E-state index in [2.05, 4.69) is 0 Å². The predicted octanol–water partition coefficient (Wildman–Crippen LogP) is 2.24. The van der Waals surface area contributed by atoms with Gasteiger partial charge in [-0.25, -0.2) is 0 Å². The molecule has 2 rings (SSSR count). The standard InChI is InChI=1S/C14H17ClN2O2S.ClH/c15-11-3-1-10(2-4-11)13(18)8-20-9-14(19)17-6-5-12(16)7-17;/h1-4,12H,5-9,16H2;1H/t12-;/m1./s1. The van der Waals surface area contributed by atoms with Crippen LogP contribution in [-0.2, 0) is 4.79 Å². The normalized spacial score (nSPS) is 17.4. The topological polar surface area (TPSA) is 63.4 Å². The summed E-state index contributed by atoms with van der Waals surface area (Å²) in [5.41, 5.74) is 6.39. The van der Waals surface area contributed by atoms with Crippen LogP contribution in [0.2, 0.25) is 5.02 Å². The minimum atomic E-state index is 0. The number of ketones is 1. The summed E-state index contributed by atoms with van der Waals surface area (Å²) in [5, 5.41) is 0.606. The number of benzene rings is 1. The number of hydrogen-bond acceptors (Lipinski definition) is 4. The second kappa shape index (κ2) is 8.63.